The molecule has 5 heteroatoms. The summed E-state index contributed by atoms with van der Waals surface area (Å²) in [4.78, 5) is 22.5. The Morgan fingerprint density at radius 2 is 1.50 bits per heavy atom. The van der Waals surface area contributed by atoms with E-state index in [-0.39, 0.29) is 17.9 Å². The average Bonchev–Trinajstić information content (AvgIpc) is 2.02. The normalized spacial score (nSPS) is 14.7. The summed E-state index contributed by atoms with van der Waals surface area (Å²) in [5, 5.41) is 5.20. The van der Waals surface area contributed by atoms with Gasteiger partial charge in [-0.2, -0.15) is 0 Å². The van der Waals surface area contributed by atoms with E-state index in [1.54, 1.807) is 13.8 Å². The van der Waals surface area contributed by atoms with Crippen molar-refractivity contribution in [1.29, 1.82) is 0 Å². The quantitative estimate of drug-likeness (QED) is 0.566. The maximum atomic E-state index is 11.3. The number of nitrogens with one attached hydrogen (secondary N) is 2. The van der Waals surface area contributed by atoms with Crippen molar-refractivity contribution in [2.24, 2.45) is 5.73 Å². The summed E-state index contributed by atoms with van der Waals surface area (Å²) in [6.45, 7) is 6.91. The van der Waals surface area contributed by atoms with Crippen molar-refractivity contribution < 1.29 is 9.59 Å². The van der Waals surface area contributed by atoms with Crippen LogP contribution in [0, 0.1) is 0 Å². The second-order valence-corrected chi connectivity index (χ2v) is 3.68. The van der Waals surface area contributed by atoms with Gasteiger partial charge in [-0.05, 0) is 27.7 Å². The van der Waals surface area contributed by atoms with E-state index in [1.807, 2.05) is 13.8 Å². The van der Waals surface area contributed by atoms with Crippen LogP contribution in [0.15, 0.2) is 0 Å². The molecule has 4 N–H and O–H groups in total. The lowest BCUT2D eigenvalue weighted by Crippen LogP contribution is -2.50. The first-order chi connectivity index (χ1) is 6.34. The third-order valence-corrected chi connectivity index (χ3v) is 1.60. The lowest BCUT2D eigenvalue weighted by atomic mass is 10.2. The predicted molar refractivity (Wildman–Crippen MR) is 54.5 cm³/mol. The lowest BCUT2D eigenvalue weighted by Gasteiger charge is -2.16. The van der Waals surface area contributed by atoms with Gasteiger partial charge < -0.3 is 16.4 Å². The van der Waals surface area contributed by atoms with E-state index in [9.17, 15) is 9.59 Å². The zero-order chi connectivity index (χ0) is 11.3. The molecule has 0 saturated heterocycles. The maximum absolute atomic E-state index is 11.3. The average molecular weight is 201 g/mol. The Bertz CT molecular complexity index is 214. The zero-order valence-electron chi connectivity index (χ0n) is 9.13. The minimum Gasteiger partial charge on any atom is -0.352 e. The Kier molecular flexibility index (Phi) is 5.15. The fourth-order valence-corrected chi connectivity index (χ4v) is 0.820. The molecule has 0 rings (SSSR count). The van der Waals surface area contributed by atoms with Gasteiger partial charge in [-0.3, -0.25) is 9.59 Å². The van der Waals surface area contributed by atoms with E-state index in [4.69, 9.17) is 5.73 Å². The van der Waals surface area contributed by atoms with Crippen LogP contribution in [0.3, 0.4) is 0 Å². The molecule has 5 nitrogen and oxygen atoms in total. The molecule has 0 aromatic rings. The molecule has 2 unspecified atom stereocenters. The molecular weight excluding hydrogens is 182 g/mol. The van der Waals surface area contributed by atoms with Gasteiger partial charge in [0.1, 0.15) is 6.04 Å². The van der Waals surface area contributed by atoms with Gasteiger partial charge in [0.2, 0.25) is 11.8 Å². The fraction of sp³-hybridized carbons (Fsp3) is 0.778. The molecule has 0 aromatic heterocycles. The molecule has 14 heavy (non-hydrogen) atoms. The van der Waals surface area contributed by atoms with Crippen LogP contribution in [0.5, 0.6) is 0 Å². The van der Waals surface area contributed by atoms with Crippen LogP contribution in [0.1, 0.15) is 27.7 Å². The Hall–Kier alpha value is -1.10. The molecule has 0 aliphatic rings. The monoisotopic (exact) mass is 201 g/mol. The standard InChI is InChI=1S/C9H19N3O2/c1-5(2)11-9(14)7(4)12-8(13)6(3)10/h5-7H,10H2,1-4H3,(H,11,14)(H,12,13). The van der Waals surface area contributed by atoms with Crippen LogP contribution in [0.2, 0.25) is 0 Å². The zero-order valence-corrected chi connectivity index (χ0v) is 9.13. The maximum Gasteiger partial charge on any atom is 0.242 e. The van der Waals surface area contributed by atoms with Gasteiger partial charge in [-0.15, -0.1) is 0 Å². The van der Waals surface area contributed by atoms with Gasteiger partial charge in [-0.1, -0.05) is 0 Å². The van der Waals surface area contributed by atoms with E-state index in [0.29, 0.717) is 0 Å². The number of hydrogen-bond acceptors (Lipinski definition) is 3. The van der Waals surface area contributed by atoms with Crippen molar-refractivity contribution in [1.82, 2.24) is 10.6 Å². The molecule has 0 aliphatic heterocycles. The SMILES string of the molecule is CC(C)NC(=O)C(C)NC(=O)C(C)N. The third-order valence-electron chi connectivity index (χ3n) is 1.60. The number of rotatable bonds is 4. The van der Waals surface area contributed by atoms with E-state index in [2.05, 4.69) is 10.6 Å². The molecule has 0 radical (unpaired) electrons. The van der Waals surface area contributed by atoms with Crippen LogP contribution in [-0.4, -0.2) is 29.9 Å². The van der Waals surface area contributed by atoms with Gasteiger partial charge in [0, 0.05) is 6.04 Å². The van der Waals surface area contributed by atoms with Crippen LogP contribution in [0.4, 0.5) is 0 Å². The Morgan fingerprint density at radius 3 is 1.86 bits per heavy atom. The van der Waals surface area contributed by atoms with E-state index in [1.165, 1.54) is 0 Å². The second kappa shape index (κ2) is 5.59. The van der Waals surface area contributed by atoms with Crippen molar-refractivity contribution in [3.05, 3.63) is 0 Å². The molecule has 2 amide bonds. The van der Waals surface area contributed by atoms with Crippen molar-refractivity contribution in [3.63, 3.8) is 0 Å². The van der Waals surface area contributed by atoms with Crippen molar-refractivity contribution >= 4 is 11.8 Å². The van der Waals surface area contributed by atoms with E-state index < -0.39 is 12.1 Å². The number of nitrogens with two attached hydrogens (primary N) is 1. The minimum absolute atomic E-state index is 0.0668. The minimum atomic E-state index is -0.593. The first kappa shape index (κ1) is 12.9. The topological polar surface area (TPSA) is 84.2 Å². The van der Waals surface area contributed by atoms with E-state index >= 15 is 0 Å². The van der Waals surface area contributed by atoms with Crippen molar-refractivity contribution in [2.75, 3.05) is 0 Å². The van der Waals surface area contributed by atoms with Gasteiger partial charge in [0.25, 0.3) is 0 Å². The summed E-state index contributed by atoms with van der Waals surface area (Å²) in [7, 11) is 0. The van der Waals surface area contributed by atoms with Crippen LogP contribution in [0.25, 0.3) is 0 Å². The third kappa shape index (κ3) is 4.81. The van der Waals surface area contributed by atoms with Crippen molar-refractivity contribution in [2.45, 2.75) is 45.8 Å². The first-order valence-corrected chi connectivity index (χ1v) is 4.71. The molecular formula is C9H19N3O2. The second-order valence-electron chi connectivity index (χ2n) is 3.68. The van der Waals surface area contributed by atoms with Crippen LogP contribution in [-0.2, 0) is 9.59 Å². The number of carbonyl (C=O) groups is 2. The smallest absolute Gasteiger partial charge is 0.242 e. The van der Waals surface area contributed by atoms with Gasteiger partial charge in [0.15, 0.2) is 0 Å². The highest BCUT2D eigenvalue weighted by atomic mass is 16.2. The Morgan fingerprint density at radius 1 is 1.00 bits per heavy atom. The molecule has 0 fully saturated rings. The summed E-state index contributed by atoms with van der Waals surface area (Å²) in [5.74, 6) is -0.523. The lowest BCUT2D eigenvalue weighted by molar-refractivity contribution is -0.129. The number of hydrogen-bond donors (Lipinski definition) is 3. The molecule has 82 valence electrons. The number of amides is 2. The highest BCUT2D eigenvalue weighted by molar-refractivity contribution is 5.89. The predicted octanol–water partition coefficient (Wildman–Crippen LogP) is -0.637. The molecule has 0 aromatic carbocycles. The van der Waals surface area contributed by atoms with Gasteiger partial charge >= 0.3 is 0 Å². The number of carbonyl (C=O) groups excluding carboxylic acids is 2. The summed E-state index contributed by atoms with van der Waals surface area (Å²) in [5.41, 5.74) is 5.34. The van der Waals surface area contributed by atoms with Crippen LogP contribution < -0.4 is 16.4 Å². The van der Waals surface area contributed by atoms with Crippen LogP contribution >= 0.6 is 0 Å². The Balaban J connectivity index is 4.01. The Labute approximate surface area is 84.4 Å². The summed E-state index contributed by atoms with van der Waals surface area (Å²) in [6.07, 6.45) is 0. The summed E-state index contributed by atoms with van der Waals surface area (Å²) >= 11 is 0. The molecule has 0 bridgehead atoms. The van der Waals surface area contributed by atoms with Gasteiger partial charge in [0.05, 0.1) is 6.04 Å². The van der Waals surface area contributed by atoms with Crippen molar-refractivity contribution in [3.8, 4) is 0 Å². The first-order valence-electron chi connectivity index (χ1n) is 4.71. The summed E-state index contributed by atoms with van der Waals surface area (Å²) in [6, 6.07) is -1.07. The molecule has 0 spiro atoms. The molecule has 0 heterocycles. The van der Waals surface area contributed by atoms with E-state index in [0.717, 1.165) is 0 Å². The summed E-state index contributed by atoms with van der Waals surface area (Å²) < 4.78 is 0. The highest BCUT2D eigenvalue weighted by Gasteiger charge is 2.17. The highest BCUT2D eigenvalue weighted by Crippen LogP contribution is 1.86. The fourth-order valence-electron chi connectivity index (χ4n) is 0.820. The largest absolute Gasteiger partial charge is 0.352 e. The molecule has 0 saturated carbocycles. The molecule has 2 atom stereocenters. The molecule has 0 aliphatic carbocycles. The van der Waals surface area contributed by atoms with Gasteiger partial charge in [-0.25, -0.2) is 0 Å².